The summed E-state index contributed by atoms with van der Waals surface area (Å²) in [5.41, 5.74) is 3.55. The Bertz CT molecular complexity index is 1270. The van der Waals surface area contributed by atoms with Gasteiger partial charge >= 0.3 is 0 Å². The normalized spacial score (nSPS) is 11.0. The molecule has 0 amide bonds. The van der Waals surface area contributed by atoms with Crippen molar-refractivity contribution < 1.29 is 4.39 Å². The molecule has 0 aliphatic heterocycles. The first-order valence-corrected chi connectivity index (χ1v) is 9.54. The van der Waals surface area contributed by atoms with Crippen LogP contribution in [0.3, 0.4) is 0 Å². The van der Waals surface area contributed by atoms with E-state index < -0.39 is 0 Å². The maximum atomic E-state index is 13.7. The highest BCUT2D eigenvalue weighted by Crippen LogP contribution is 2.15. The summed E-state index contributed by atoms with van der Waals surface area (Å²) >= 11 is 0. The second-order valence-electron chi connectivity index (χ2n) is 7.10. The number of hydrogen-bond acceptors (Lipinski definition) is 4. The van der Waals surface area contributed by atoms with Crippen molar-refractivity contribution in [1.82, 2.24) is 14.3 Å². The van der Waals surface area contributed by atoms with Crippen LogP contribution >= 0.6 is 0 Å². The zero-order chi connectivity index (χ0) is 20.9. The molecule has 0 unspecified atom stereocenters. The van der Waals surface area contributed by atoms with Crippen LogP contribution in [0.2, 0.25) is 0 Å². The van der Waals surface area contributed by atoms with Gasteiger partial charge in [-0.1, -0.05) is 30.3 Å². The Labute approximate surface area is 173 Å². The van der Waals surface area contributed by atoms with Crippen LogP contribution in [0.5, 0.6) is 0 Å². The third-order valence-electron chi connectivity index (χ3n) is 4.79. The van der Waals surface area contributed by atoms with E-state index in [9.17, 15) is 9.18 Å². The Morgan fingerprint density at radius 1 is 0.933 bits per heavy atom. The van der Waals surface area contributed by atoms with Crippen LogP contribution in [0.15, 0.2) is 83.8 Å². The van der Waals surface area contributed by atoms with Crippen LogP contribution < -0.4 is 5.56 Å². The highest BCUT2D eigenvalue weighted by atomic mass is 19.1. The van der Waals surface area contributed by atoms with Gasteiger partial charge in [-0.05, 0) is 47.5 Å². The Balaban J connectivity index is 1.63. The number of aromatic nitrogens is 2. The van der Waals surface area contributed by atoms with Crippen LogP contribution in [-0.2, 0) is 19.6 Å². The van der Waals surface area contributed by atoms with E-state index in [0.717, 1.165) is 11.1 Å². The Morgan fingerprint density at radius 2 is 1.73 bits per heavy atom. The Hall–Kier alpha value is -3.82. The van der Waals surface area contributed by atoms with Crippen LogP contribution in [0, 0.1) is 17.1 Å². The number of fused-ring (bicyclic) bond motifs is 1. The molecule has 2 heterocycles. The van der Waals surface area contributed by atoms with Crippen molar-refractivity contribution >= 4 is 5.65 Å². The van der Waals surface area contributed by atoms with Gasteiger partial charge in [0.05, 0.1) is 17.3 Å². The van der Waals surface area contributed by atoms with Crippen LogP contribution in [0.4, 0.5) is 4.39 Å². The molecular formula is C24H19FN4O. The van der Waals surface area contributed by atoms with Crippen molar-refractivity contribution in [2.45, 2.75) is 19.6 Å². The fourth-order valence-corrected chi connectivity index (χ4v) is 3.42. The molecule has 148 valence electrons. The number of benzene rings is 2. The van der Waals surface area contributed by atoms with Crippen LogP contribution in [0.25, 0.3) is 5.65 Å². The number of nitriles is 1. The van der Waals surface area contributed by atoms with E-state index in [1.165, 1.54) is 22.6 Å². The lowest BCUT2D eigenvalue weighted by atomic mass is 10.1. The molecule has 4 aromatic rings. The largest absolute Gasteiger partial charge is 0.289 e. The molecule has 0 aliphatic rings. The number of rotatable bonds is 6. The van der Waals surface area contributed by atoms with E-state index in [0.29, 0.717) is 36.5 Å². The summed E-state index contributed by atoms with van der Waals surface area (Å²) in [5.74, 6) is -0.284. The minimum absolute atomic E-state index is 0.139. The van der Waals surface area contributed by atoms with Crippen molar-refractivity contribution in [3.05, 3.63) is 118 Å². The maximum Gasteiger partial charge on any atom is 0.258 e. The SMILES string of the molecule is N#Cc1ccc(CN(Cc2cccc(F)c2)Cc2cc(=O)n3ccccc3n2)cc1. The summed E-state index contributed by atoms with van der Waals surface area (Å²) in [6.45, 7) is 1.49. The van der Waals surface area contributed by atoms with Gasteiger partial charge in [-0.25, -0.2) is 9.37 Å². The minimum Gasteiger partial charge on any atom is -0.289 e. The molecule has 2 aromatic carbocycles. The van der Waals surface area contributed by atoms with Gasteiger partial charge in [-0.2, -0.15) is 5.26 Å². The van der Waals surface area contributed by atoms with Gasteiger partial charge in [-0.15, -0.1) is 0 Å². The molecule has 0 spiro atoms. The lowest BCUT2D eigenvalue weighted by Gasteiger charge is -2.22. The average Bonchev–Trinajstić information content (AvgIpc) is 2.74. The second-order valence-corrected chi connectivity index (χ2v) is 7.10. The van der Waals surface area contributed by atoms with Crippen molar-refractivity contribution in [1.29, 1.82) is 5.26 Å². The third kappa shape index (κ3) is 4.59. The molecule has 0 saturated carbocycles. The standard InChI is InChI=1S/C24H19FN4O/c25-21-5-3-4-20(12-21)16-28(15-19-9-7-18(14-26)8-10-19)17-22-13-24(30)29-11-2-1-6-23(29)27-22/h1-13H,15-17H2. The quantitative estimate of drug-likeness (QED) is 0.494. The van der Waals surface area contributed by atoms with E-state index in [-0.39, 0.29) is 11.4 Å². The fraction of sp³-hybridized carbons (Fsp3) is 0.125. The highest BCUT2D eigenvalue weighted by molar-refractivity contribution is 5.38. The number of hydrogen-bond donors (Lipinski definition) is 0. The average molecular weight is 398 g/mol. The summed E-state index contributed by atoms with van der Waals surface area (Å²) in [6.07, 6.45) is 1.69. The fourth-order valence-electron chi connectivity index (χ4n) is 3.42. The first-order valence-electron chi connectivity index (χ1n) is 9.54. The topological polar surface area (TPSA) is 61.4 Å². The van der Waals surface area contributed by atoms with E-state index in [4.69, 9.17) is 5.26 Å². The summed E-state index contributed by atoms with van der Waals surface area (Å²) in [4.78, 5) is 19.1. The maximum absolute atomic E-state index is 13.7. The Kier molecular flexibility index (Phi) is 5.64. The first-order chi connectivity index (χ1) is 14.6. The molecule has 6 heteroatoms. The van der Waals surface area contributed by atoms with Gasteiger partial charge in [0, 0.05) is 31.9 Å². The van der Waals surface area contributed by atoms with Gasteiger partial charge < -0.3 is 0 Å². The zero-order valence-corrected chi connectivity index (χ0v) is 16.2. The summed E-state index contributed by atoms with van der Waals surface area (Å²) in [5, 5.41) is 9.00. The van der Waals surface area contributed by atoms with Gasteiger partial charge in [0.15, 0.2) is 0 Å². The van der Waals surface area contributed by atoms with Crippen molar-refractivity contribution in [3.8, 4) is 6.07 Å². The molecule has 0 saturated heterocycles. The lowest BCUT2D eigenvalue weighted by molar-refractivity contribution is 0.244. The molecular weight excluding hydrogens is 379 g/mol. The lowest BCUT2D eigenvalue weighted by Crippen LogP contribution is -2.25. The molecule has 5 nitrogen and oxygen atoms in total. The molecule has 0 aliphatic carbocycles. The summed E-state index contributed by atoms with van der Waals surface area (Å²) in [7, 11) is 0. The molecule has 0 fully saturated rings. The number of halogens is 1. The van der Waals surface area contributed by atoms with Gasteiger partial charge in [-0.3, -0.25) is 14.1 Å². The van der Waals surface area contributed by atoms with E-state index in [1.807, 2.05) is 24.3 Å². The molecule has 2 aromatic heterocycles. The molecule has 0 atom stereocenters. The molecule has 0 bridgehead atoms. The van der Waals surface area contributed by atoms with Crippen LogP contribution in [-0.4, -0.2) is 14.3 Å². The third-order valence-corrected chi connectivity index (χ3v) is 4.79. The van der Waals surface area contributed by atoms with Crippen LogP contribution in [0.1, 0.15) is 22.4 Å². The summed E-state index contributed by atoms with van der Waals surface area (Å²) < 4.78 is 15.2. The molecule has 0 radical (unpaired) electrons. The number of pyridine rings is 1. The number of nitrogens with zero attached hydrogens (tertiary/aromatic N) is 4. The summed E-state index contributed by atoms with van der Waals surface area (Å²) in [6, 6.07) is 22.9. The molecule has 0 N–H and O–H groups in total. The second kappa shape index (κ2) is 8.68. The Morgan fingerprint density at radius 3 is 2.50 bits per heavy atom. The van der Waals surface area contributed by atoms with Gasteiger partial charge in [0.1, 0.15) is 11.5 Å². The predicted octanol–water partition coefficient (Wildman–Crippen LogP) is 3.91. The first kappa shape index (κ1) is 19.5. The van der Waals surface area contributed by atoms with Gasteiger partial charge in [0.25, 0.3) is 5.56 Å². The molecule has 30 heavy (non-hydrogen) atoms. The monoisotopic (exact) mass is 398 g/mol. The predicted molar refractivity (Wildman–Crippen MR) is 112 cm³/mol. The highest BCUT2D eigenvalue weighted by Gasteiger charge is 2.12. The van der Waals surface area contributed by atoms with Crippen molar-refractivity contribution in [2.75, 3.05) is 0 Å². The van der Waals surface area contributed by atoms with Crippen molar-refractivity contribution in [3.63, 3.8) is 0 Å². The zero-order valence-electron chi connectivity index (χ0n) is 16.2. The van der Waals surface area contributed by atoms with E-state index in [2.05, 4.69) is 16.0 Å². The van der Waals surface area contributed by atoms with Gasteiger partial charge in [0.2, 0.25) is 0 Å². The molecule has 4 rings (SSSR count). The van der Waals surface area contributed by atoms with E-state index in [1.54, 1.807) is 36.5 Å². The smallest absolute Gasteiger partial charge is 0.258 e. The van der Waals surface area contributed by atoms with E-state index >= 15 is 0 Å². The van der Waals surface area contributed by atoms with Crippen molar-refractivity contribution in [2.24, 2.45) is 0 Å². The minimum atomic E-state index is -0.284.